The second kappa shape index (κ2) is 8.52. The lowest BCUT2D eigenvalue weighted by Crippen LogP contribution is -2.56. The van der Waals surface area contributed by atoms with Gasteiger partial charge in [-0.15, -0.1) is 0 Å². The summed E-state index contributed by atoms with van der Waals surface area (Å²) in [6, 6.07) is 13.1. The highest BCUT2D eigenvalue weighted by atomic mass is 19.1. The molecule has 0 aliphatic carbocycles. The van der Waals surface area contributed by atoms with E-state index in [4.69, 9.17) is 0 Å². The predicted octanol–water partition coefficient (Wildman–Crippen LogP) is 2.14. The van der Waals surface area contributed by atoms with Crippen LogP contribution < -0.4 is 15.5 Å². The molecule has 2 aromatic carbocycles. The van der Waals surface area contributed by atoms with E-state index in [2.05, 4.69) is 20.5 Å². The van der Waals surface area contributed by atoms with Gasteiger partial charge >= 0.3 is 0 Å². The normalized spacial score (nSPS) is 19.2. The van der Waals surface area contributed by atoms with Gasteiger partial charge in [0, 0.05) is 37.6 Å². The number of benzene rings is 2. The van der Waals surface area contributed by atoms with E-state index < -0.39 is 6.04 Å². The first-order valence-electron chi connectivity index (χ1n) is 9.98. The Morgan fingerprint density at radius 1 is 1.03 bits per heavy atom. The van der Waals surface area contributed by atoms with Gasteiger partial charge in [0.15, 0.2) is 0 Å². The second-order valence-corrected chi connectivity index (χ2v) is 7.53. The standard InChI is InChI=1S/C22H24FN5O2/c1-15-2-6-17(7-3-15)24-21(30)19-14-20(29)26-22(25-19)28-12-10-27(11-13-28)18-8-4-16(23)5-9-18/h2-9,19H,10-14H2,1H3,(H,24,30)(H,25,26,29). The lowest BCUT2D eigenvalue weighted by molar-refractivity contribution is -0.125. The summed E-state index contributed by atoms with van der Waals surface area (Å²) < 4.78 is 13.1. The van der Waals surface area contributed by atoms with Crippen molar-refractivity contribution in [2.45, 2.75) is 19.4 Å². The van der Waals surface area contributed by atoms with Gasteiger partial charge in [-0.05, 0) is 43.3 Å². The van der Waals surface area contributed by atoms with Crippen molar-refractivity contribution in [3.63, 3.8) is 0 Å². The molecule has 0 spiro atoms. The van der Waals surface area contributed by atoms with Crippen LogP contribution in [0.5, 0.6) is 0 Å². The number of amides is 2. The number of rotatable bonds is 3. The molecule has 156 valence electrons. The Bertz CT molecular complexity index is 950. The number of nitrogens with one attached hydrogen (secondary N) is 2. The van der Waals surface area contributed by atoms with Gasteiger partial charge < -0.3 is 15.1 Å². The fourth-order valence-corrected chi connectivity index (χ4v) is 3.58. The zero-order chi connectivity index (χ0) is 21.1. The summed E-state index contributed by atoms with van der Waals surface area (Å²) in [5.41, 5.74) is 2.74. The molecule has 2 amide bonds. The number of hydrogen-bond acceptors (Lipinski definition) is 5. The van der Waals surface area contributed by atoms with Crippen LogP contribution in [0.1, 0.15) is 12.0 Å². The molecule has 2 aliphatic heterocycles. The SMILES string of the molecule is Cc1ccc(NC(=O)C2CC(=O)NC(N3CCN(c4ccc(F)cc4)CC3)=N2)cc1. The number of carbonyl (C=O) groups is 2. The number of aryl methyl sites for hydroxylation is 1. The minimum Gasteiger partial charge on any atom is -0.368 e. The van der Waals surface area contributed by atoms with Crippen LogP contribution in [0.2, 0.25) is 0 Å². The van der Waals surface area contributed by atoms with Gasteiger partial charge in [-0.25, -0.2) is 9.38 Å². The highest BCUT2D eigenvalue weighted by Gasteiger charge is 2.30. The van der Waals surface area contributed by atoms with Crippen LogP contribution in [-0.4, -0.2) is 54.9 Å². The van der Waals surface area contributed by atoms with Crippen molar-refractivity contribution in [3.05, 3.63) is 59.9 Å². The van der Waals surface area contributed by atoms with Gasteiger partial charge in [0.1, 0.15) is 11.9 Å². The number of anilines is 2. The van der Waals surface area contributed by atoms with Gasteiger partial charge in [-0.2, -0.15) is 0 Å². The topological polar surface area (TPSA) is 77.0 Å². The molecule has 4 rings (SSSR count). The number of halogens is 1. The molecule has 0 radical (unpaired) electrons. The number of hydrogen-bond donors (Lipinski definition) is 2. The molecular formula is C22H24FN5O2. The van der Waals surface area contributed by atoms with E-state index in [-0.39, 0.29) is 24.1 Å². The van der Waals surface area contributed by atoms with Crippen molar-refractivity contribution in [2.75, 3.05) is 36.4 Å². The Kier molecular flexibility index (Phi) is 5.65. The smallest absolute Gasteiger partial charge is 0.249 e. The molecule has 1 unspecified atom stereocenters. The van der Waals surface area contributed by atoms with E-state index in [1.807, 2.05) is 36.1 Å². The molecule has 1 fully saturated rings. The van der Waals surface area contributed by atoms with E-state index in [0.29, 0.717) is 37.8 Å². The molecule has 30 heavy (non-hydrogen) atoms. The van der Waals surface area contributed by atoms with E-state index in [1.165, 1.54) is 12.1 Å². The van der Waals surface area contributed by atoms with Crippen LogP contribution in [0.3, 0.4) is 0 Å². The van der Waals surface area contributed by atoms with E-state index in [1.54, 1.807) is 12.1 Å². The van der Waals surface area contributed by atoms with E-state index in [9.17, 15) is 14.0 Å². The molecule has 7 nitrogen and oxygen atoms in total. The Morgan fingerprint density at radius 3 is 2.33 bits per heavy atom. The highest BCUT2D eigenvalue weighted by Crippen LogP contribution is 2.18. The minimum absolute atomic E-state index is 0.0245. The van der Waals surface area contributed by atoms with Gasteiger partial charge in [-0.1, -0.05) is 17.7 Å². The molecule has 2 N–H and O–H groups in total. The monoisotopic (exact) mass is 409 g/mol. The van der Waals surface area contributed by atoms with Gasteiger partial charge in [0.2, 0.25) is 17.8 Å². The lowest BCUT2D eigenvalue weighted by Gasteiger charge is -2.38. The first-order chi connectivity index (χ1) is 14.5. The maximum atomic E-state index is 13.1. The number of carbonyl (C=O) groups excluding carboxylic acids is 2. The molecule has 8 heteroatoms. The minimum atomic E-state index is -0.759. The summed E-state index contributed by atoms with van der Waals surface area (Å²) in [4.78, 5) is 33.5. The zero-order valence-corrected chi connectivity index (χ0v) is 16.8. The molecule has 2 aliphatic rings. The second-order valence-electron chi connectivity index (χ2n) is 7.53. The Balaban J connectivity index is 1.40. The molecule has 1 atom stereocenters. The fraction of sp³-hybridized carbons (Fsp3) is 0.318. The van der Waals surface area contributed by atoms with Gasteiger partial charge in [-0.3, -0.25) is 14.9 Å². The first-order valence-corrected chi connectivity index (χ1v) is 9.98. The number of piperazine rings is 1. The van der Waals surface area contributed by atoms with Gasteiger partial charge in [0.05, 0.1) is 6.42 Å². The lowest BCUT2D eigenvalue weighted by atomic mass is 10.1. The summed E-state index contributed by atoms with van der Waals surface area (Å²) in [5.74, 6) is -0.332. The third kappa shape index (κ3) is 4.59. The molecule has 0 bridgehead atoms. The maximum absolute atomic E-state index is 13.1. The third-order valence-corrected chi connectivity index (χ3v) is 5.30. The molecule has 0 saturated carbocycles. The zero-order valence-electron chi connectivity index (χ0n) is 16.8. The molecule has 2 aromatic rings. The van der Waals surface area contributed by atoms with Crippen molar-refractivity contribution in [3.8, 4) is 0 Å². The number of guanidine groups is 1. The molecule has 2 heterocycles. The van der Waals surface area contributed by atoms with E-state index in [0.717, 1.165) is 11.3 Å². The van der Waals surface area contributed by atoms with Crippen molar-refractivity contribution >= 4 is 29.1 Å². The average molecular weight is 409 g/mol. The van der Waals surface area contributed by atoms with Crippen LogP contribution in [0.4, 0.5) is 15.8 Å². The fourth-order valence-electron chi connectivity index (χ4n) is 3.58. The molecule has 0 aromatic heterocycles. The summed E-state index contributed by atoms with van der Waals surface area (Å²) >= 11 is 0. The quantitative estimate of drug-likeness (QED) is 0.814. The first kappa shape index (κ1) is 19.9. The summed E-state index contributed by atoms with van der Waals surface area (Å²) in [6.45, 7) is 4.68. The number of nitrogens with zero attached hydrogens (tertiary/aromatic N) is 3. The highest BCUT2D eigenvalue weighted by molar-refractivity contribution is 6.06. The Morgan fingerprint density at radius 2 is 1.67 bits per heavy atom. The van der Waals surface area contributed by atoms with Gasteiger partial charge in [0.25, 0.3) is 0 Å². The summed E-state index contributed by atoms with van der Waals surface area (Å²) in [5, 5.41) is 5.63. The van der Waals surface area contributed by atoms with Crippen LogP contribution >= 0.6 is 0 Å². The average Bonchev–Trinajstić information content (AvgIpc) is 2.75. The molecular weight excluding hydrogens is 385 g/mol. The summed E-state index contributed by atoms with van der Waals surface area (Å²) in [6.07, 6.45) is 0.0245. The van der Waals surface area contributed by atoms with Crippen LogP contribution in [0.25, 0.3) is 0 Å². The Labute approximate surface area is 174 Å². The Hall–Kier alpha value is -3.42. The van der Waals surface area contributed by atoms with Crippen LogP contribution in [0, 0.1) is 12.7 Å². The van der Waals surface area contributed by atoms with Crippen molar-refractivity contribution in [2.24, 2.45) is 4.99 Å². The van der Waals surface area contributed by atoms with Crippen LogP contribution in [0.15, 0.2) is 53.5 Å². The van der Waals surface area contributed by atoms with E-state index >= 15 is 0 Å². The van der Waals surface area contributed by atoms with Crippen molar-refractivity contribution in [1.29, 1.82) is 0 Å². The maximum Gasteiger partial charge on any atom is 0.249 e. The van der Waals surface area contributed by atoms with Crippen molar-refractivity contribution in [1.82, 2.24) is 10.2 Å². The van der Waals surface area contributed by atoms with Crippen molar-refractivity contribution < 1.29 is 14.0 Å². The van der Waals surface area contributed by atoms with Crippen LogP contribution in [-0.2, 0) is 9.59 Å². The predicted molar refractivity (Wildman–Crippen MR) is 114 cm³/mol. The molecule has 1 saturated heterocycles. The summed E-state index contributed by atoms with van der Waals surface area (Å²) in [7, 11) is 0. The largest absolute Gasteiger partial charge is 0.368 e. The number of aliphatic imine (C=N–C) groups is 1. The third-order valence-electron chi connectivity index (χ3n) is 5.30.